The zero-order chi connectivity index (χ0) is 12.4. The maximum atomic E-state index is 12.1. The number of hydrogen-bond donors (Lipinski definition) is 1. The Bertz CT molecular complexity index is 546. The summed E-state index contributed by atoms with van der Waals surface area (Å²) in [7, 11) is 1.69. The number of anilines is 2. The number of rotatable bonds is 2. The number of nitrogens with two attached hydrogens (primary N) is 1. The molecule has 0 spiro atoms. The maximum Gasteiger partial charge on any atom is 0.293 e. The Morgan fingerprint density at radius 2 is 2.12 bits per heavy atom. The average molecular weight is 230 g/mol. The van der Waals surface area contributed by atoms with Crippen molar-refractivity contribution in [1.82, 2.24) is 0 Å². The first kappa shape index (κ1) is 11.3. The van der Waals surface area contributed by atoms with Crippen molar-refractivity contribution < 1.29 is 9.21 Å². The van der Waals surface area contributed by atoms with Crippen LogP contribution in [0, 0.1) is 6.92 Å². The van der Waals surface area contributed by atoms with Gasteiger partial charge in [0.25, 0.3) is 5.91 Å². The van der Waals surface area contributed by atoms with Crippen molar-refractivity contribution in [3.8, 4) is 0 Å². The number of carbonyl (C=O) groups is 1. The van der Waals surface area contributed by atoms with Gasteiger partial charge >= 0.3 is 0 Å². The van der Waals surface area contributed by atoms with Crippen molar-refractivity contribution in [3.63, 3.8) is 0 Å². The van der Waals surface area contributed by atoms with Crippen LogP contribution in [-0.4, -0.2) is 13.0 Å². The maximum absolute atomic E-state index is 12.1. The Hall–Kier alpha value is -2.23. The minimum absolute atomic E-state index is 0.182. The van der Waals surface area contributed by atoms with Crippen molar-refractivity contribution in [2.45, 2.75) is 6.92 Å². The first-order valence-corrected chi connectivity index (χ1v) is 5.27. The zero-order valence-corrected chi connectivity index (χ0v) is 9.81. The summed E-state index contributed by atoms with van der Waals surface area (Å²) in [6.07, 6.45) is 1.51. The number of hydrogen-bond acceptors (Lipinski definition) is 3. The fourth-order valence-corrected chi connectivity index (χ4v) is 1.59. The van der Waals surface area contributed by atoms with Crippen LogP contribution in [0.1, 0.15) is 16.1 Å². The minimum Gasteiger partial charge on any atom is -0.459 e. The van der Waals surface area contributed by atoms with Crippen molar-refractivity contribution in [2.75, 3.05) is 17.7 Å². The van der Waals surface area contributed by atoms with Gasteiger partial charge in [0.1, 0.15) is 0 Å². The van der Waals surface area contributed by atoms with Gasteiger partial charge in [-0.1, -0.05) is 6.07 Å². The molecule has 1 aromatic carbocycles. The van der Waals surface area contributed by atoms with Crippen molar-refractivity contribution >= 4 is 17.3 Å². The molecule has 0 saturated carbocycles. The summed E-state index contributed by atoms with van der Waals surface area (Å²) in [4.78, 5) is 13.6. The molecule has 0 aliphatic heterocycles. The number of carbonyl (C=O) groups excluding carboxylic acids is 1. The van der Waals surface area contributed by atoms with Crippen LogP contribution in [0.15, 0.2) is 41.0 Å². The molecule has 88 valence electrons. The second kappa shape index (κ2) is 4.33. The second-order valence-electron chi connectivity index (χ2n) is 3.89. The molecule has 1 heterocycles. The van der Waals surface area contributed by atoms with E-state index in [4.69, 9.17) is 10.2 Å². The van der Waals surface area contributed by atoms with Gasteiger partial charge in [-0.05, 0) is 31.2 Å². The van der Waals surface area contributed by atoms with Crippen LogP contribution in [0.2, 0.25) is 0 Å². The minimum atomic E-state index is -0.182. The summed E-state index contributed by atoms with van der Waals surface area (Å²) < 4.78 is 5.18. The molecule has 0 atom stereocenters. The smallest absolute Gasteiger partial charge is 0.293 e. The van der Waals surface area contributed by atoms with E-state index in [1.807, 2.05) is 19.1 Å². The zero-order valence-electron chi connectivity index (χ0n) is 9.81. The second-order valence-corrected chi connectivity index (χ2v) is 3.89. The van der Waals surface area contributed by atoms with Crippen LogP contribution in [0.25, 0.3) is 0 Å². The van der Waals surface area contributed by atoms with Crippen molar-refractivity contribution in [1.29, 1.82) is 0 Å². The molecule has 4 heteroatoms. The lowest BCUT2D eigenvalue weighted by molar-refractivity contribution is 0.0965. The molecular formula is C13H14N2O2. The molecule has 17 heavy (non-hydrogen) atoms. The Morgan fingerprint density at radius 3 is 2.71 bits per heavy atom. The summed E-state index contributed by atoms with van der Waals surface area (Å²) >= 11 is 0. The van der Waals surface area contributed by atoms with E-state index in [-0.39, 0.29) is 5.91 Å². The first-order chi connectivity index (χ1) is 8.09. The van der Waals surface area contributed by atoms with Gasteiger partial charge in [0.05, 0.1) is 6.26 Å². The molecule has 0 fully saturated rings. The molecule has 0 radical (unpaired) electrons. The quantitative estimate of drug-likeness (QED) is 0.806. The topological polar surface area (TPSA) is 59.5 Å². The molecule has 2 rings (SSSR count). The molecule has 2 N–H and O–H groups in total. The highest BCUT2D eigenvalue weighted by atomic mass is 16.3. The number of furan rings is 1. The number of amides is 1. The fourth-order valence-electron chi connectivity index (χ4n) is 1.59. The largest absolute Gasteiger partial charge is 0.459 e. The predicted molar refractivity (Wildman–Crippen MR) is 67.0 cm³/mol. The van der Waals surface area contributed by atoms with E-state index < -0.39 is 0 Å². The van der Waals surface area contributed by atoms with Gasteiger partial charge in [0, 0.05) is 24.0 Å². The van der Waals surface area contributed by atoms with Gasteiger partial charge in [-0.15, -0.1) is 0 Å². The van der Waals surface area contributed by atoms with Gasteiger partial charge in [-0.2, -0.15) is 0 Å². The van der Waals surface area contributed by atoms with Crippen LogP contribution in [0.3, 0.4) is 0 Å². The van der Waals surface area contributed by atoms with Crippen LogP contribution in [-0.2, 0) is 0 Å². The van der Waals surface area contributed by atoms with Gasteiger partial charge < -0.3 is 15.1 Å². The van der Waals surface area contributed by atoms with Gasteiger partial charge in [0.15, 0.2) is 5.76 Å². The predicted octanol–water partition coefficient (Wildman–Crippen LogP) is 2.45. The number of aryl methyl sites for hydroxylation is 1. The lowest BCUT2D eigenvalue weighted by Crippen LogP contribution is -2.26. The van der Waals surface area contributed by atoms with E-state index in [0.717, 1.165) is 11.3 Å². The monoisotopic (exact) mass is 230 g/mol. The van der Waals surface area contributed by atoms with Crippen molar-refractivity contribution in [3.05, 3.63) is 47.9 Å². The highest BCUT2D eigenvalue weighted by Crippen LogP contribution is 2.19. The Labute approximate surface area is 99.6 Å². The Balaban J connectivity index is 2.30. The normalized spacial score (nSPS) is 10.2. The van der Waals surface area contributed by atoms with E-state index in [1.54, 1.807) is 25.2 Å². The third-order valence-corrected chi connectivity index (χ3v) is 2.62. The third-order valence-electron chi connectivity index (χ3n) is 2.62. The molecule has 1 aromatic heterocycles. The summed E-state index contributed by atoms with van der Waals surface area (Å²) in [6.45, 7) is 1.84. The fraction of sp³-hybridized carbons (Fsp3) is 0.154. The molecule has 0 aliphatic rings. The van der Waals surface area contributed by atoms with Gasteiger partial charge in [-0.25, -0.2) is 0 Å². The molecule has 0 saturated heterocycles. The molecule has 0 aliphatic carbocycles. The number of benzene rings is 1. The lowest BCUT2D eigenvalue weighted by atomic mass is 10.2. The number of nitrogen functional groups attached to an aromatic ring is 1. The van der Waals surface area contributed by atoms with E-state index in [2.05, 4.69) is 0 Å². The molecule has 0 unspecified atom stereocenters. The van der Waals surface area contributed by atoms with Crippen LogP contribution >= 0.6 is 0 Å². The SMILES string of the molecule is Cc1ccoc1C(=O)N(C)c1cccc(N)c1. The van der Waals surface area contributed by atoms with Crippen molar-refractivity contribution in [2.24, 2.45) is 0 Å². The van der Waals surface area contributed by atoms with Crippen LogP contribution in [0.4, 0.5) is 11.4 Å². The number of nitrogens with zero attached hydrogens (tertiary/aromatic N) is 1. The molecule has 2 aromatic rings. The van der Waals surface area contributed by atoms with Crippen LogP contribution < -0.4 is 10.6 Å². The molecule has 1 amide bonds. The third kappa shape index (κ3) is 2.15. The Kier molecular flexibility index (Phi) is 2.87. The highest BCUT2D eigenvalue weighted by Gasteiger charge is 2.18. The highest BCUT2D eigenvalue weighted by molar-refractivity contribution is 6.04. The average Bonchev–Trinajstić information content (AvgIpc) is 2.73. The molecule has 0 bridgehead atoms. The first-order valence-electron chi connectivity index (χ1n) is 5.27. The van der Waals surface area contributed by atoms with E-state index in [9.17, 15) is 4.79 Å². The van der Waals surface area contributed by atoms with Gasteiger partial charge in [0.2, 0.25) is 0 Å². The lowest BCUT2D eigenvalue weighted by Gasteiger charge is -2.16. The summed E-state index contributed by atoms with van der Waals surface area (Å²) in [5, 5.41) is 0. The summed E-state index contributed by atoms with van der Waals surface area (Å²) in [6, 6.07) is 8.92. The molecular weight excluding hydrogens is 216 g/mol. The Morgan fingerprint density at radius 1 is 1.35 bits per heavy atom. The summed E-state index contributed by atoms with van der Waals surface area (Å²) in [5.74, 6) is 0.174. The van der Waals surface area contributed by atoms with E-state index in [0.29, 0.717) is 11.4 Å². The summed E-state index contributed by atoms with van der Waals surface area (Å²) in [5.41, 5.74) is 7.87. The van der Waals surface area contributed by atoms with Crippen LogP contribution in [0.5, 0.6) is 0 Å². The van der Waals surface area contributed by atoms with E-state index in [1.165, 1.54) is 11.2 Å². The van der Waals surface area contributed by atoms with Gasteiger partial charge in [-0.3, -0.25) is 4.79 Å². The standard InChI is InChI=1S/C13H14N2O2/c1-9-6-7-17-12(9)13(16)15(2)11-5-3-4-10(14)8-11/h3-8H,14H2,1-2H3. The molecule has 4 nitrogen and oxygen atoms in total. The van der Waals surface area contributed by atoms with E-state index >= 15 is 0 Å².